The van der Waals surface area contributed by atoms with Crippen LogP contribution in [0.5, 0.6) is 0 Å². The Hall–Kier alpha value is -1.43. The van der Waals surface area contributed by atoms with Crippen LogP contribution in [0.4, 0.5) is 0 Å². The Bertz CT molecular complexity index is 331. The van der Waals surface area contributed by atoms with Crippen LogP contribution in [-0.4, -0.2) is 39.8 Å². The number of rotatable bonds is 3. The molecule has 0 aromatic carbocycles. The van der Waals surface area contributed by atoms with Crippen molar-refractivity contribution in [2.45, 2.75) is 31.8 Å². The van der Waals surface area contributed by atoms with E-state index in [-0.39, 0.29) is 18.0 Å². The maximum atomic E-state index is 11.9. The summed E-state index contributed by atoms with van der Waals surface area (Å²) in [5, 5.41) is 10.2. The summed E-state index contributed by atoms with van der Waals surface area (Å²) in [6, 6.07) is -0.0587. The van der Waals surface area contributed by atoms with Crippen LogP contribution in [0.25, 0.3) is 0 Å². The quantitative estimate of drug-likeness (QED) is 0.738. The lowest BCUT2D eigenvalue weighted by atomic mass is 10.1. The molecule has 1 aromatic heterocycles. The Labute approximate surface area is 94.4 Å². The van der Waals surface area contributed by atoms with E-state index in [2.05, 4.69) is 20.7 Å². The minimum atomic E-state index is -0.301. The number of piperidine rings is 1. The molecule has 2 atom stereocenters. The van der Waals surface area contributed by atoms with Gasteiger partial charge in [-0.1, -0.05) is 0 Å². The average Bonchev–Trinajstić information content (AvgIpc) is 2.83. The van der Waals surface area contributed by atoms with Crippen molar-refractivity contribution >= 4 is 5.91 Å². The minimum absolute atomic E-state index is 0.000741. The predicted molar refractivity (Wildman–Crippen MR) is 58.8 cm³/mol. The summed E-state index contributed by atoms with van der Waals surface area (Å²) in [5.74, 6) is -0.000741. The zero-order chi connectivity index (χ0) is 11.4. The molecule has 2 rings (SSSR count). The van der Waals surface area contributed by atoms with E-state index >= 15 is 0 Å². The fourth-order valence-electron chi connectivity index (χ4n) is 1.83. The molecule has 88 valence electrons. The summed E-state index contributed by atoms with van der Waals surface area (Å²) in [5.41, 5.74) is 0. The van der Waals surface area contributed by atoms with Crippen molar-refractivity contribution in [2.24, 2.45) is 0 Å². The van der Waals surface area contributed by atoms with Crippen LogP contribution in [-0.2, 0) is 4.79 Å². The van der Waals surface area contributed by atoms with Crippen LogP contribution in [0.1, 0.15) is 25.8 Å². The second-order valence-corrected chi connectivity index (χ2v) is 4.10. The van der Waals surface area contributed by atoms with Crippen LogP contribution in [0.2, 0.25) is 0 Å². The highest BCUT2D eigenvalue weighted by atomic mass is 16.2. The lowest BCUT2D eigenvalue weighted by molar-refractivity contribution is -0.125. The van der Waals surface area contributed by atoms with Crippen LogP contribution in [0.3, 0.4) is 0 Å². The molecule has 0 spiro atoms. The molecule has 1 saturated heterocycles. The largest absolute Gasteiger partial charge is 0.350 e. The van der Waals surface area contributed by atoms with Gasteiger partial charge in [0.1, 0.15) is 18.7 Å². The molecule has 2 unspecified atom stereocenters. The molecule has 6 heteroatoms. The van der Waals surface area contributed by atoms with Gasteiger partial charge in [0, 0.05) is 12.6 Å². The molecule has 0 saturated carbocycles. The van der Waals surface area contributed by atoms with E-state index in [1.807, 2.05) is 6.92 Å². The highest BCUT2D eigenvalue weighted by molar-refractivity contribution is 5.80. The van der Waals surface area contributed by atoms with Gasteiger partial charge in [-0.2, -0.15) is 5.10 Å². The summed E-state index contributed by atoms with van der Waals surface area (Å²) in [6.07, 6.45) is 5.15. The fourth-order valence-corrected chi connectivity index (χ4v) is 1.83. The number of nitrogens with zero attached hydrogens (tertiary/aromatic N) is 3. The number of amides is 1. The minimum Gasteiger partial charge on any atom is -0.350 e. The van der Waals surface area contributed by atoms with Gasteiger partial charge in [-0.05, 0) is 26.3 Å². The molecule has 6 nitrogen and oxygen atoms in total. The van der Waals surface area contributed by atoms with E-state index in [1.165, 1.54) is 6.33 Å². The van der Waals surface area contributed by atoms with E-state index < -0.39 is 0 Å². The third-order valence-corrected chi connectivity index (χ3v) is 2.86. The first kappa shape index (κ1) is 11.1. The number of hydrogen-bond donors (Lipinski definition) is 2. The molecule has 2 heterocycles. The van der Waals surface area contributed by atoms with Gasteiger partial charge in [-0.3, -0.25) is 4.79 Å². The lowest BCUT2D eigenvalue weighted by Gasteiger charge is -2.25. The standard InChI is InChI=1S/C10H17N5O/c1-8(15-7-12-6-13-15)10(16)14-9-3-2-4-11-5-9/h6-9,11H,2-5H2,1H3,(H,14,16). The Kier molecular flexibility index (Phi) is 3.51. The van der Waals surface area contributed by atoms with E-state index in [4.69, 9.17) is 0 Å². The van der Waals surface area contributed by atoms with Crippen LogP contribution in [0.15, 0.2) is 12.7 Å². The molecule has 1 aliphatic rings. The van der Waals surface area contributed by atoms with Gasteiger partial charge >= 0.3 is 0 Å². The van der Waals surface area contributed by atoms with Crippen molar-refractivity contribution in [3.8, 4) is 0 Å². The molecule has 1 fully saturated rings. The highest BCUT2D eigenvalue weighted by Gasteiger charge is 2.20. The van der Waals surface area contributed by atoms with Gasteiger partial charge in [0.2, 0.25) is 5.91 Å². The van der Waals surface area contributed by atoms with Gasteiger partial charge in [0.15, 0.2) is 0 Å². The van der Waals surface area contributed by atoms with Gasteiger partial charge < -0.3 is 10.6 Å². The Morgan fingerprint density at radius 1 is 1.69 bits per heavy atom. The lowest BCUT2D eigenvalue weighted by Crippen LogP contribution is -2.47. The van der Waals surface area contributed by atoms with E-state index in [0.717, 1.165) is 25.9 Å². The molecule has 16 heavy (non-hydrogen) atoms. The Morgan fingerprint density at radius 3 is 3.19 bits per heavy atom. The molecule has 0 bridgehead atoms. The number of carbonyl (C=O) groups is 1. The second kappa shape index (κ2) is 5.07. The first-order valence-electron chi connectivity index (χ1n) is 5.62. The summed E-state index contributed by atoms with van der Waals surface area (Å²) < 4.78 is 1.56. The molecule has 1 aromatic rings. The Balaban J connectivity index is 1.87. The van der Waals surface area contributed by atoms with Crippen LogP contribution >= 0.6 is 0 Å². The summed E-state index contributed by atoms with van der Waals surface area (Å²) in [6.45, 7) is 3.72. The highest BCUT2D eigenvalue weighted by Crippen LogP contribution is 2.06. The van der Waals surface area contributed by atoms with E-state index in [9.17, 15) is 4.79 Å². The fraction of sp³-hybridized carbons (Fsp3) is 0.700. The topological polar surface area (TPSA) is 71.8 Å². The molecular weight excluding hydrogens is 206 g/mol. The average molecular weight is 223 g/mol. The smallest absolute Gasteiger partial charge is 0.244 e. The number of carbonyl (C=O) groups excluding carboxylic acids is 1. The molecule has 2 N–H and O–H groups in total. The van der Waals surface area contributed by atoms with Crippen molar-refractivity contribution < 1.29 is 4.79 Å². The number of nitrogens with one attached hydrogen (secondary N) is 2. The summed E-state index contributed by atoms with van der Waals surface area (Å²) in [7, 11) is 0. The maximum Gasteiger partial charge on any atom is 0.244 e. The van der Waals surface area contributed by atoms with Crippen molar-refractivity contribution in [1.29, 1.82) is 0 Å². The van der Waals surface area contributed by atoms with Gasteiger partial charge in [0.25, 0.3) is 0 Å². The van der Waals surface area contributed by atoms with Gasteiger partial charge in [-0.15, -0.1) is 0 Å². The molecule has 0 radical (unpaired) electrons. The van der Waals surface area contributed by atoms with E-state index in [0.29, 0.717) is 0 Å². The Morgan fingerprint density at radius 2 is 2.56 bits per heavy atom. The number of hydrogen-bond acceptors (Lipinski definition) is 4. The molecule has 1 amide bonds. The maximum absolute atomic E-state index is 11.9. The zero-order valence-electron chi connectivity index (χ0n) is 9.39. The van der Waals surface area contributed by atoms with Crippen molar-refractivity contribution in [3.05, 3.63) is 12.7 Å². The molecule has 0 aliphatic carbocycles. The molecular formula is C10H17N5O. The van der Waals surface area contributed by atoms with Crippen molar-refractivity contribution in [3.63, 3.8) is 0 Å². The molecule has 1 aliphatic heterocycles. The first-order chi connectivity index (χ1) is 7.77. The third-order valence-electron chi connectivity index (χ3n) is 2.86. The SMILES string of the molecule is CC(C(=O)NC1CCCNC1)n1cncn1. The van der Waals surface area contributed by atoms with E-state index in [1.54, 1.807) is 11.0 Å². The summed E-state index contributed by atoms with van der Waals surface area (Å²) >= 11 is 0. The predicted octanol–water partition coefficient (Wildman–Crippen LogP) is -0.293. The van der Waals surface area contributed by atoms with Crippen LogP contribution in [0, 0.1) is 0 Å². The van der Waals surface area contributed by atoms with Crippen molar-refractivity contribution in [2.75, 3.05) is 13.1 Å². The van der Waals surface area contributed by atoms with Crippen LogP contribution < -0.4 is 10.6 Å². The van der Waals surface area contributed by atoms with Crippen molar-refractivity contribution in [1.82, 2.24) is 25.4 Å². The number of aromatic nitrogens is 3. The monoisotopic (exact) mass is 223 g/mol. The summed E-state index contributed by atoms with van der Waals surface area (Å²) in [4.78, 5) is 15.7. The van der Waals surface area contributed by atoms with Gasteiger partial charge in [-0.25, -0.2) is 9.67 Å². The van der Waals surface area contributed by atoms with Gasteiger partial charge in [0.05, 0.1) is 0 Å². The first-order valence-corrected chi connectivity index (χ1v) is 5.62. The second-order valence-electron chi connectivity index (χ2n) is 4.10. The third kappa shape index (κ3) is 2.57. The normalized spacial score (nSPS) is 22.7. The zero-order valence-corrected chi connectivity index (χ0v) is 9.39.